The highest BCUT2D eigenvalue weighted by molar-refractivity contribution is 9.10. The smallest absolute Gasteiger partial charge is 0.303 e. The van der Waals surface area contributed by atoms with Crippen LogP contribution in [0.4, 0.5) is 5.69 Å². The molecular formula is C13H14BrNO3. The van der Waals surface area contributed by atoms with Gasteiger partial charge in [-0.15, -0.1) is 0 Å². The van der Waals surface area contributed by atoms with Crippen LogP contribution in [0.15, 0.2) is 28.7 Å². The van der Waals surface area contributed by atoms with Crippen LogP contribution >= 0.6 is 15.9 Å². The molecule has 0 atom stereocenters. The average molecular weight is 312 g/mol. The van der Waals surface area contributed by atoms with E-state index < -0.39 is 5.97 Å². The highest BCUT2D eigenvalue weighted by atomic mass is 79.9. The van der Waals surface area contributed by atoms with Crippen molar-refractivity contribution in [2.75, 3.05) is 5.32 Å². The maximum atomic E-state index is 11.8. The first-order chi connectivity index (χ1) is 8.49. The van der Waals surface area contributed by atoms with Crippen LogP contribution in [0.25, 0.3) is 0 Å². The minimum atomic E-state index is -0.831. The Hall–Kier alpha value is -1.36. The Balaban J connectivity index is 1.91. The lowest BCUT2D eigenvalue weighted by atomic mass is 9.98. The molecule has 0 spiro atoms. The van der Waals surface area contributed by atoms with Gasteiger partial charge >= 0.3 is 5.97 Å². The predicted octanol–water partition coefficient (Wildman–Crippen LogP) is 3.03. The van der Waals surface area contributed by atoms with Crippen LogP contribution in [-0.2, 0) is 9.59 Å². The van der Waals surface area contributed by atoms with Crippen LogP contribution < -0.4 is 5.32 Å². The summed E-state index contributed by atoms with van der Waals surface area (Å²) in [4.78, 5) is 22.5. The SMILES string of the molecule is O=C(O)CC1(CC(=O)Nc2cccc(Br)c2)CC1. The van der Waals surface area contributed by atoms with E-state index in [2.05, 4.69) is 21.2 Å². The van der Waals surface area contributed by atoms with Crippen molar-refractivity contribution >= 4 is 33.5 Å². The Morgan fingerprint density at radius 3 is 2.61 bits per heavy atom. The van der Waals surface area contributed by atoms with Crippen molar-refractivity contribution in [3.05, 3.63) is 28.7 Å². The topological polar surface area (TPSA) is 66.4 Å². The van der Waals surface area contributed by atoms with Gasteiger partial charge in [-0.1, -0.05) is 22.0 Å². The maximum Gasteiger partial charge on any atom is 0.303 e. The number of nitrogens with one attached hydrogen (secondary N) is 1. The molecule has 1 aliphatic rings. The molecule has 0 aromatic heterocycles. The third-order valence-corrected chi connectivity index (χ3v) is 3.62. The molecule has 5 heteroatoms. The van der Waals surface area contributed by atoms with Gasteiger partial charge in [-0.3, -0.25) is 9.59 Å². The zero-order valence-electron chi connectivity index (χ0n) is 9.78. The Morgan fingerprint density at radius 2 is 2.06 bits per heavy atom. The molecule has 4 nitrogen and oxygen atoms in total. The summed E-state index contributed by atoms with van der Waals surface area (Å²) in [6, 6.07) is 7.33. The van der Waals surface area contributed by atoms with Gasteiger partial charge in [-0.25, -0.2) is 0 Å². The summed E-state index contributed by atoms with van der Waals surface area (Å²) in [6.45, 7) is 0. The highest BCUT2D eigenvalue weighted by Gasteiger charge is 2.45. The monoisotopic (exact) mass is 311 g/mol. The zero-order chi connectivity index (χ0) is 13.2. The van der Waals surface area contributed by atoms with Crippen molar-refractivity contribution < 1.29 is 14.7 Å². The number of carboxylic acid groups (broad SMARTS) is 1. The Kier molecular flexibility index (Phi) is 3.71. The minimum Gasteiger partial charge on any atom is -0.481 e. The number of rotatable bonds is 5. The highest BCUT2D eigenvalue weighted by Crippen LogP contribution is 2.51. The van der Waals surface area contributed by atoms with Gasteiger partial charge in [-0.2, -0.15) is 0 Å². The van der Waals surface area contributed by atoms with Crippen LogP contribution in [0.3, 0.4) is 0 Å². The molecule has 0 radical (unpaired) electrons. The third kappa shape index (κ3) is 3.57. The fourth-order valence-electron chi connectivity index (χ4n) is 2.03. The summed E-state index contributed by atoms with van der Waals surface area (Å²) in [5.41, 5.74) is 0.419. The molecule has 0 heterocycles. The number of anilines is 1. The van der Waals surface area contributed by atoms with Gasteiger partial charge in [0.15, 0.2) is 0 Å². The second-order valence-electron chi connectivity index (χ2n) is 4.81. The largest absolute Gasteiger partial charge is 0.481 e. The van der Waals surface area contributed by atoms with Gasteiger partial charge in [0.1, 0.15) is 0 Å². The maximum absolute atomic E-state index is 11.8. The van der Waals surface area contributed by atoms with Crippen molar-refractivity contribution in [2.24, 2.45) is 5.41 Å². The second-order valence-corrected chi connectivity index (χ2v) is 5.72. The number of aliphatic carboxylic acids is 1. The number of hydrogen-bond acceptors (Lipinski definition) is 2. The summed E-state index contributed by atoms with van der Waals surface area (Å²) < 4.78 is 0.895. The Labute approximate surface area is 114 Å². The predicted molar refractivity (Wildman–Crippen MR) is 71.3 cm³/mol. The molecule has 0 unspecified atom stereocenters. The van der Waals surface area contributed by atoms with E-state index in [1.165, 1.54) is 0 Å². The van der Waals surface area contributed by atoms with Crippen molar-refractivity contribution in [1.82, 2.24) is 0 Å². The number of benzene rings is 1. The molecule has 1 aliphatic carbocycles. The normalized spacial score (nSPS) is 16.1. The van der Waals surface area contributed by atoms with Crippen LogP contribution in [0.1, 0.15) is 25.7 Å². The molecule has 1 fully saturated rings. The van der Waals surface area contributed by atoms with Gasteiger partial charge in [-0.05, 0) is 36.5 Å². The first-order valence-electron chi connectivity index (χ1n) is 5.76. The molecule has 2 rings (SSSR count). The van der Waals surface area contributed by atoms with E-state index in [4.69, 9.17) is 5.11 Å². The molecular weight excluding hydrogens is 298 g/mol. The fourth-order valence-corrected chi connectivity index (χ4v) is 2.42. The van der Waals surface area contributed by atoms with Gasteiger partial charge in [0.05, 0.1) is 6.42 Å². The van der Waals surface area contributed by atoms with Crippen molar-refractivity contribution in [1.29, 1.82) is 0 Å². The van der Waals surface area contributed by atoms with Crippen LogP contribution in [0, 0.1) is 5.41 Å². The standard InChI is InChI=1S/C13H14BrNO3/c14-9-2-1-3-10(6-9)15-11(16)7-13(4-5-13)8-12(17)18/h1-3,6H,4-5,7-8H2,(H,15,16)(H,17,18). The Morgan fingerprint density at radius 1 is 1.33 bits per heavy atom. The summed E-state index contributed by atoms with van der Waals surface area (Å²) >= 11 is 3.33. The Bertz CT molecular complexity index is 483. The van der Waals surface area contributed by atoms with Gasteiger partial charge < -0.3 is 10.4 Å². The fraction of sp³-hybridized carbons (Fsp3) is 0.385. The molecule has 0 bridgehead atoms. The molecule has 0 aliphatic heterocycles. The number of halogens is 1. The molecule has 1 aromatic carbocycles. The number of amides is 1. The minimum absolute atomic E-state index is 0.0822. The van der Waals surface area contributed by atoms with E-state index in [0.717, 1.165) is 23.0 Å². The quantitative estimate of drug-likeness (QED) is 0.878. The van der Waals surface area contributed by atoms with E-state index >= 15 is 0 Å². The van der Waals surface area contributed by atoms with Gasteiger partial charge in [0.2, 0.25) is 5.91 Å². The third-order valence-electron chi connectivity index (χ3n) is 3.13. The molecule has 1 saturated carbocycles. The molecule has 1 amide bonds. The van der Waals surface area contributed by atoms with E-state index in [9.17, 15) is 9.59 Å². The molecule has 1 aromatic rings. The zero-order valence-corrected chi connectivity index (χ0v) is 11.4. The molecule has 96 valence electrons. The summed E-state index contributed by atoms with van der Waals surface area (Å²) in [5, 5.41) is 11.6. The first kappa shape index (κ1) is 13.1. The summed E-state index contributed by atoms with van der Waals surface area (Å²) in [7, 11) is 0. The second kappa shape index (κ2) is 5.10. The van der Waals surface area contributed by atoms with E-state index in [0.29, 0.717) is 0 Å². The molecule has 18 heavy (non-hydrogen) atoms. The van der Waals surface area contributed by atoms with E-state index in [1.54, 1.807) is 6.07 Å². The summed E-state index contributed by atoms with van der Waals surface area (Å²) in [5.74, 6) is -0.949. The van der Waals surface area contributed by atoms with Crippen LogP contribution in [0.5, 0.6) is 0 Å². The number of carboxylic acids is 1. The van der Waals surface area contributed by atoms with E-state index in [1.807, 2.05) is 18.2 Å². The lowest BCUT2D eigenvalue weighted by Crippen LogP contribution is -2.19. The van der Waals surface area contributed by atoms with E-state index in [-0.39, 0.29) is 24.2 Å². The molecule has 0 saturated heterocycles. The number of carbonyl (C=O) groups excluding carboxylic acids is 1. The lowest BCUT2D eigenvalue weighted by molar-refractivity contribution is -0.138. The van der Waals surface area contributed by atoms with Gasteiger partial charge in [0.25, 0.3) is 0 Å². The van der Waals surface area contributed by atoms with Crippen LogP contribution in [0.2, 0.25) is 0 Å². The van der Waals surface area contributed by atoms with Crippen molar-refractivity contribution in [3.63, 3.8) is 0 Å². The lowest BCUT2D eigenvalue weighted by Gasteiger charge is -2.12. The molecule has 2 N–H and O–H groups in total. The first-order valence-corrected chi connectivity index (χ1v) is 6.56. The summed E-state index contributed by atoms with van der Waals surface area (Å²) in [6.07, 6.45) is 2.02. The average Bonchev–Trinajstić information content (AvgIpc) is 2.95. The number of hydrogen-bond donors (Lipinski definition) is 2. The van der Waals surface area contributed by atoms with Crippen molar-refractivity contribution in [2.45, 2.75) is 25.7 Å². The van der Waals surface area contributed by atoms with Crippen LogP contribution in [-0.4, -0.2) is 17.0 Å². The van der Waals surface area contributed by atoms with Gasteiger partial charge in [0, 0.05) is 16.6 Å². The van der Waals surface area contributed by atoms with Crippen molar-refractivity contribution in [3.8, 4) is 0 Å². The number of carbonyl (C=O) groups is 2.